The molecule has 4 heteroatoms. The van der Waals surface area contributed by atoms with E-state index in [0.717, 1.165) is 33.4 Å². The van der Waals surface area contributed by atoms with Gasteiger partial charge in [0.05, 0.1) is 12.5 Å². The number of hydrogen-bond donors (Lipinski definition) is 0. The molecule has 0 saturated carbocycles. The van der Waals surface area contributed by atoms with Crippen LogP contribution in [0.15, 0.2) is 104 Å². The Morgan fingerprint density at radius 2 is 0.808 bits per heavy atom. The minimum atomic E-state index is -0.377. The summed E-state index contributed by atoms with van der Waals surface area (Å²) in [5.74, 6) is 0. The van der Waals surface area contributed by atoms with Gasteiger partial charge in [-0.3, -0.25) is 0 Å². The van der Waals surface area contributed by atoms with E-state index in [0.29, 0.717) is 0 Å². The van der Waals surface area contributed by atoms with Gasteiger partial charge in [-0.2, -0.15) is 0 Å². The summed E-state index contributed by atoms with van der Waals surface area (Å²) in [6, 6.07) is 22.3. The summed E-state index contributed by atoms with van der Waals surface area (Å²) < 4.78 is 9.58. The molecule has 0 fully saturated rings. The van der Waals surface area contributed by atoms with Crippen molar-refractivity contribution in [1.82, 2.24) is 0 Å². The van der Waals surface area contributed by atoms with Crippen LogP contribution in [0.3, 0.4) is 0 Å². The molecule has 0 spiro atoms. The fraction of sp³-hybridized carbons (Fsp3) is 0. The Balaban J connectivity index is 1.77. The zero-order valence-corrected chi connectivity index (χ0v) is 13.7. The van der Waals surface area contributed by atoms with Crippen molar-refractivity contribution >= 4 is 0 Å². The van der Waals surface area contributed by atoms with Gasteiger partial charge in [-0.25, -0.2) is 9.59 Å². The molecular formula is C22H14O4. The molecule has 0 radical (unpaired) electrons. The van der Waals surface area contributed by atoms with Crippen LogP contribution in [0.2, 0.25) is 0 Å². The number of rotatable bonds is 3. The van der Waals surface area contributed by atoms with Crippen LogP contribution in [0.4, 0.5) is 0 Å². The standard InChI is InChI=1S/C22H14O4/c23-21-13-19(7-9-25-21)17-5-1-3-15(11-17)16-4-2-6-18(12-16)20-8-10-26-22(24)14-20/h1-14H. The van der Waals surface area contributed by atoms with Crippen LogP contribution >= 0.6 is 0 Å². The average molecular weight is 342 g/mol. The van der Waals surface area contributed by atoms with Crippen molar-refractivity contribution in [2.75, 3.05) is 0 Å². The third-order valence-corrected chi connectivity index (χ3v) is 4.14. The van der Waals surface area contributed by atoms with E-state index in [1.54, 1.807) is 12.1 Å². The van der Waals surface area contributed by atoms with Gasteiger partial charge in [-0.1, -0.05) is 36.4 Å². The van der Waals surface area contributed by atoms with Crippen molar-refractivity contribution < 1.29 is 8.83 Å². The van der Waals surface area contributed by atoms with E-state index >= 15 is 0 Å². The lowest BCUT2D eigenvalue weighted by Crippen LogP contribution is -1.95. The fourth-order valence-corrected chi connectivity index (χ4v) is 2.88. The summed E-state index contributed by atoms with van der Waals surface area (Å²) in [5, 5.41) is 0. The molecule has 0 aliphatic heterocycles. The Morgan fingerprint density at radius 3 is 1.15 bits per heavy atom. The first kappa shape index (κ1) is 15.8. The number of benzene rings is 2. The zero-order chi connectivity index (χ0) is 17.9. The van der Waals surface area contributed by atoms with Crippen molar-refractivity contribution in [2.24, 2.45) is 0 Å². The average Bonchev–Trinajstić information content (AvgIpc) is 2.68. The van der Waals surface area contributed by atoms with Crippen LogP contribution in [0.5, 0.6) is 0 Å². The second-order valence-electron chi connectivity index (χ2n) is 5.84. The van der Waals surface area contributed by atoms with Gasteiger partial charge in [0.25, 0.3) is 0 Å². The quantitative estimate of drug-likeness (QED) is 0.546. The normalized spacial score (nSPS) is 10.6. The topological polar surface area (TPSA) is 60.4 Å². The number of hydrogen-bond acceptors (Lipinski definition) is 4. The van der Waals surface area contributed by atoms with Crippen LogP contribution < -0.4 is 11.3 Å². The highest BCUT2D eigenvalue weighted by Crippen LogP contribution is 2.28. The molecule has 0 amide bonds. The molecule has 0 bridgehead atoms. The van der Waals surface area contributed by atoms with Gasteiger partial charge in [-0.05, 0) is 57.6 Å². The van der Waals surface area contributed by atoms with E-state index in [-0.39, 0.29) is 11.3 Å². The van der Waals surface area contributed by atoms with E-state index in [4.69, 9.17) is 8.83 Å². The van der Waals surface area contributed by atoms with Gasteiger partial charge in [0, 0.05) is 12.1 Å². The molecule has 4 aromatic rings. The van der Waals surface area contributed by atoms with E-state index in [1.165, 1.54) is 24.7 Å². The van der Waals surface area contributed by atoms with Gasteiger partial charge in [0.15, 0.2) is 0 Å². The van der Waals surface area contributed by atoms with Gasteiger partial charge < -0.3 is 8.83 Å². The first-order chi connectivity index (χ1) is 12.7. The predicted molar refractivity (Wildman–Crippen MR) is 99.8 cm³/mol. The van der Waals surface area contributed by atoms with Crippen LogP contribution in [0.1, 0.15) is 0 Å². The first-order valence-electron chi connectivity index (χ1n) is 8.08. The van der Waals surface area contributed by atoms with E-state index in [9.17, 15) is 9.59 Å². The maximum absolute atomic E-state index is 11.4. The first-order valence-corrected chi connectivity index (χ1v) is 8.08. The summed E-state index contributed by atoms with van der Waals surface area (Å²) in [6.45, 7) is 0. The monoisotopic (exact) mass is 342 g/mol. The molecule has 0 unspecified atom stereocenters. The second-order valence-corrected chi connectivity index (χ2v) is 5.84. The van der Waals surface area contributed by atoms with Crippen molar-refractivity contribution in [1.29, 1.82) is 0 Å². The van der Waals surface area contributed by atoms with Crippen LogP contribution in [0, 0.1) is 0 Å². The van der Waals surface area contributed by atoms with Crippen molar-refractivity contribution in [2.45, 2.75) is 0 Å². The highest BCUT2D eigenvalue weighted by atomic mass is 16.4. The summed E-state index contributed by atoms with van der Waals surface area (Å²) in [7, 11) is 0. The van der Waals surface area contributed by atoms with Gasteiger partial charge in [0.1, 0.15) is 0 Å². The van der Waals surface area contributed by atoms with Crippen LogP contribution in [0.25, 0.3) is 33.4 Å². The van der Waals surface area contributed by atoms with E-state index in [2.05, 4.69) is 0 Å². The molecule has 0 saturated heterocycles. The second kappa shape index (κ2) is 6.69. The SMILES string of the molecule is O=c1cc(-c2cccc(-c3cccc(-c4ccoc(=O)c4)c3)c2)cco1. The molecule has 0 aliphatic rings. The zero-order valence-electron chi connectivity index (χ0n) is 13.7. The third kappa shape index (κ3) is 3.26. The lowest BCUT2D eigenvalue weighted by molar-refractivity contribution is 0.511. The fourth-order valence-electron chi connectivity index (χ4n) is 2.88. The molecule has 4 rings (SSSR count). The van der Waals surface area contributed by atoms with Gasteiger partial charge in [-0.15, -0.1) is 0 Å². The minimum absolute atomic E-state index is 0.377. The summed E-state index contributed by atoms with van der Waals surface area (Å²) in [5.41, 5.74) is 4.75. The Bertz CT molecular complexity index is 1090. The Kier molecular flexibility index (Phi) is 4.07. The lowest BCUT2D eigenvalue weighted by Gasteiger charge is -2.08. The molecular weight excluding hydrogens is 328 g/mol. The highest BCUT2D eigenvalue weighted by Gasteiger charge is 2.05. The van der Waals surface area contributed by atoms with E-state index in [1.807, 2.05) is 48.5 Å². The van der Waals surface area contributed by atoms with Crippen molar-refractivity contribution in [3.8, 4) is 33.4 Å². The molecule has 2 aromatic carbocycles. The van der Waals surface area contributed by atoms with Crippen LogP contribution in [-0.2, 0) is 0 Å². The van der Waals surface area contributed by atoms with Crippen molar-refractivity contribution in [3.63, 3.8) is 0 Å². The molecule has 0 N–H and O–H groups in total. The maximum Gasteiger partial charge on any atom is 0.336 e. The maximum atomic E-state index is 11.4. The molecule has 26 heavy (non-hydrogen) atoms. The molecule has 0 aliphatic carbocycles. The molecule has 2 heterocycles. The predicted octanol–water partition coefficient (Wildman–Crippen LogP) is 4.59. The van der Waals surface area contributed by atoms with E-state index < -0.39 is 0 Å². The largest absolute Gasteiger partial charge is 0.431 e. The Morgan fingerprint density at radius 1 is 0.462 bits per heavy atom. The lowest BCUT2D eigenvalue weighted by atomic mass is 9.97. The highest BCUT2D eigenvalue weighted by molar-refractivity contribution is 5.76. The molecule has 4 nitrogen and oxygen atoms in total. The molecule has 2 aromatic heterocycles. The molecule has 126 valence electrons. The minimum Gasteiger partial charge on any atom is -0.431 e. The van der Waals surface area contributed by atoms with Gasteiger partial charge in [0.2, 0.25) is 0 Å². The van der Waals surface area contributed by atoms with Crippen LogP contribution in [-0.4, -0.2) is 0 Å². The molecule has 0 atom stereocenters. The summed E-state index contributed by atoms with van der Waals surface area (Å²) >= 11 is 0. The van der Waals surface area contributed by atoms with Crippen molar-refractivity contribution in [3.05, 3.63) is 106 Å². The Labute approximate surface area is 149 Å². The summed E-state index contributed by atoms with van der Waals surface area (Å²) in [4.78, 5) is 22.9. The summed E-state index contributed by atoms with van der Waals surface area (Å²) in [6.07, 6.45) is 2.79. The Hall–Kier alpha value is -3.66. The third-order valence-electron chi connectivity index (χ3n) is 4.14. The smallest absolute Gasteiger partial charge is 0.336 e. The van der Waals surface area contributed by atoms with Gasteiger partial charge >= 0.3 is 11.3 Å².